The van der Waals surface area contributed by atoms with Gasteiger partial charge in [-0.25, -0.2) is 9.18 Å². The van der Waals surface area contributed by atoms with Crippen LogP contribution in [0.25, 0.3) is 0 Å². The quantitative estimate of drug-likeness (QED) is 0.640. The highest BCUT2D eigenvalue weighted by atomic mass is 32.2. The van der Waals surface area contributed by atoms with E-state index in [2.05, 4.69) is 4.98 Å². The van der Waals surface area contributed by atoms with Crippen molar-refractivity contribution < 1.29 is 14.6 Å². The maximum absolute atomic E-state index is 13.8. The number of alkyl halides is 1. The summed E-state index contributed by atoms with van der Waals surface area (Å²) in [6, 6.07) is 1.38. The van der Waals surface area contributed by atoms with E-state index in [0.29, 0.717) is 0 Å². The van der Waals surface area contributed by atoms with E-state index in [1.54, 1.807) is 0 Å². The van der Waals surface area contributed by atoms with Crippen LogP contribution in [0.5, 0.6) is 0 Å². The average Bonchev–Trinajstić information content (AvgIpc) is 2.57. The summed E-state index contributed by atoms with van der Waals surface area (Å²) in [6.45, 7) is -0.347. The molecule has 0 bridgehead atoms. The Morgan fingerprint density at radius 1 is 1.65 bits per heavy atom. The van der Waals surface area contributed by atoms with Crippen LogP contribution in [0.4, 0.5) is 10.2 Å². The van der Waals surface area contributed by atoms with Crippen LogP contribution in [0.2, 0.25) is 0 Å². The van der Waals surface area contributed by atoms with Crippen molar-refractivity contribution >= 4 is 17.6 Å². The number of aromatic nitrogens is 2. The van der Waals surface area contributed by atoms with Crippen molar-refractivity contribution in [3.05, 3.63) is 22.7 Å². The molecule has 4 N–H and O–H groups in total. The van der Waals surface area contributed by atoms with Crippen molar-refractivity contribution in [1.82, 2.24) is 9.55 Å². The normalized spacial score (nSPS) is 32.9. The highest BCUT2D eigenvalue weighted by molar-refractivity contribution is 8.00. The molecule has 1 aliphatic heterocycles. The third-order valence-corrected chi connectivity index (χ3v) is 4.14. The summed E-state index contributed by atoms with van der Waals surface area (Å²) in [4.78, 5) is 15.0. The molecule has 2 rings (SSSR count). The largest absolute Gasteiger partial charge is 0.395 e. The molecule has 1 aromatic rings. The molecule has 0 saturated carbocycles. The van der Waals surface area contributed by atoms with E-state index in [0.717, 1.165) is 16.3 Å². The molecule has 1 aliphatic rings. The smallest absolute Gasteiger partial charge is 0.350 e. The summed E-state index contributed by atoms with van der Waals surface area (Å²) in [5.74, 6) is 0.0592. The van der Waals surface area contributed by atoms with Crippen LogP contribution in [0.1, 0.15) is 5.37 Å². The molecule has 0 aromatic carbocycles. The first-order chi connectivity index (χ1) is 8.04. The Hall–Kier alpha value is -1.12. The van der Waals surface area contributed by atoms with Gasteiger partial charge >= 0.3 is 5.69 Å². The lowest BCUT2D eigenvalue weighted by Crippen LogP contribution is -2.33. The van der Waals surface area contributed by atoms with Crippen LogP contribution in [0.15, 0.2) is 17.1 Å². The summed E-state index contributed by atoms with van der Waals surface area (Å²) in [7, 11) is 0. The first-order valence-electron chi connectivity index (χ1n) is 4.97. The molecule has 0 amide bonds. The van der Waals surface area contributed by atoms with Crippen LogP contribution in [0.3, 0.4) is 0 Å². The van der Waals surface area contributed by atoms with Gasteiger partial charge in [0.05, 0.1) is 11.9 Å². The fourth-order valence-corrected chi connectivity index (χ4v) is 3.06. The molecule has 1 fully saturated rings. The number of hydrogen-bond donors (Lipinski definition) is 3. The van der Waals surface area contributed by atoms with Gasteiger partial charge in [0.1, 0.15) is 17.3 Å². The van der Waals surface area contributed by atoms with Crippen molar-refractivity contribution in [2.24, 2.45) is 0 Å². The molecular formula is C9H12FN3O3S. The number of hydrogen-bond acceptors (Lipinski definition) is 6. The lowest BCUT2D eigenvalue weighted by molar-refractivity contribution is 0.0631. The molecule has 4 atom stereocenters. The van der Waals surface area contributed by atoms with Crippen molar-refractivity contribution in [3.8, 4) is 0 Å². The van der Waals surface area contributed by atoms with Gasteiger partial charge in [-0.3, -0.25) is 4.57 Å². The molecule has 0 radical (unpaired) electrons. The van der Waals surface area contributed by atoms with Crippen molar-refractivity contribution in [1.29, 1.82) is 0 Å². The zero-order valence-electron chi connectivity index (χ0n) is 8.73. The summed E-state index contributed by atoms with van der Waals surface area (Å²) in [5.41, 5.74) is 4.66. The molecule has 17 heavy (non-hydrogen) atoms. The molecular weight excluding hydrogens is 249 g/mol. The topological polar surface area (TPSA) is 101 Å². The van der Waals surface area contributed by atoms with Crippen molar-refractivity contribution in [2.75, 3.05) is 12.3 Å². The molecule has 2 heterocycles. The number of halogens is 1. The number of anilines is 1. The fraction of sp³-hybridized carbons (Fsp3) is 0.556. The Kier molecular flexibility index (Phi) is 3.36. The molecule has 1 saturated heterocycles. The number of aliphatic hydroxyl groups is 2. The van der Waals surface area contributed by atoms with E-state index >= 15 is 0 Å². The molecule has 1 aromatic heterocycles. The lowest BCUT2D eigenvalue weighted by atomic mass is 10.1. The molecule has 0 aliphatic carbocycles. The Balaban J connectivity index is 2.32. The Bertz CT molecular complexity index is 469. The predicted octanol–water partition coefficient (Wildman–Crippen LogP) is -0.869. The number of aliphatic hydroxyl groups excluding tert-OH is 2. The second-order valence-corrected chi connectivity index (χ2v) is 5.09. The third kappa shape index (κ3) is 2.15. The number of rotatable bonds is 2. The standard InChI is InChI=1S/C9H12FN3O3S/c10-6-7(15)4(3-14)17-8(6)13-2-1-5(11)12-9(13)16/h1-2,4,6-8,14-15H,3H2,(H2,11,12,16)/t4-,6?,7+,8-/m1/s1. The maximum atomic E-state index is 13.8. The Morgan fingerprint density at radius 2 is 2.35 bits per heavy atom. The van der Waals surface area contributed by atoms with E-state index in [4.69, 9.17) is 10.8 Å². The fourth-order valence-electron chi connectivity index (χ4n) is 1.70. The molecule has 6 nitrogen and oxygen atoms in total. The monoisotopic (exact) mass is 261 g/mol. The van der Waals surface area contributed by atoms with Gasteiger partial charge in [-0.1, -0.05) is 0 Å². The number of thioether (sulfide) groups is 1. The summed E-state index contributed by atoms with van der Waals surface area (Å²) in [5, 5.41) is 17.0. The molecule has 8 heteroatoms. The predicted molar refractivity (Wildman–Crippen MR) is 61.3 cm³/mol. The van der Waals surface area contributed by atoms with Gasteiger partial charge in [-0.05, 0) is 6.07 Å². The van der Waals surface area contributed by atoms with Crippen molar-refractivity contribution in [2.45, 2.75) is 22.9 Å². The molecule has 1 unspecified atom stereocenters. The van der Waals surface area contributed by atoms with E-state index in [9.17, 15) is 14.3 Å². The van der Waals surface area contributed by atoms with Crippen LogP contribution >= 0.6 is 11.8 Å². The van der Waals surface area contributed by atoms with Crippen LogP contribution < -0.4 is 11.4 Å². The first kappa shape index (κ1) is 12.3. The van der Waals surface area contributed by atoms with Crippen LogP contribution in [0, 0.1) is 0 Å². The Morgan fingerprint density at radius 3 is 2.88 bits per heavy atom. The number of nitrogens with zero attached hydrogens (tertiary/aromatic N) is 2. The summed E-state index contributed by atoms with van der Waals surface area (Å²) < 4.78 is 14.9. The van der Waals surface area contributed by atoms with Gasteiger partial charge in [0.25, 0.3) is 0 Å². The minimum Gasteiger partial charge on any atom is -0.395 e. The Labute approximate surface area is 100 Å². The van der Waals surface area contributed by atoms with E-state index in [-0.39, 0.29) is 12.4 Å². The number of nitrogen functional groups attached to an aromatic ring is 1. The maximum Gasteiger partial charge on any atom is 0.350 e. The number of nitrogens with two attached hydrogens (primary N) is 1. The van der Waals surface area contributed by atoms with Gasteiger partial charge in [-0.2, -0.15) is 4.98 Å². The van der Waals surface area contributed by atoms with E-state index in [1.165, 1.54) is 12.3 Å². The zero-order valence-corrected chi connectivity index (χ0v) is 9.55. The van der Waals surface area contributed by atoms with Gasteiger partial charge in [-0.15, -0.1) is 11.8 Å². The van der Waals surface area contributed by atoms with Gasteiger partial charge in [0, 0.05) is 6.20 Å². The molecule has 0 spiro atoms. The summed E-state index contributed by atoms with van der Waals surface area (Å²) in [6.07, 6.45) is -1.58. The van der Waals surface area contributed by atoms with Crippen LogP contribution in [-0.2, 0) is 0 Å². The highest BCUT2D eigenvalue weighted by Gasteiger charge is 2.44. The minimum atomic E-state index is -1.62. The highest BCUT2D eigenvalue weighted by Crippen LogP contribution is 2.42. The second-order valence-electron chi connectivity index (χ2n) is 3.72. The van der Waals surface area contributed by atoms with Gasteiger partial charge < -0.3 is 15.9 Å². The zero-order chi connectivity index (χ0) is 12.6. The average molecular weight is 261 g/mol. The first-order valence-corrected chi connectivity index (χ1v) is 5.92. The molecule has 94 valence electrons. The summed E-state index contributed by atoms with van der Waals surface area (Å²) >= 11 is 1.01. The van der Waals surface area contributed by atoms with Gasteiger partial charge in [0.2, 0.25) is 0 Å². The van der Waals surface area contributed by atoms with Crippen LogP contribution in [-0.4, -0.2) is 43.9 Å². The van der Waals surface area contributed by atoms with E-state index in [1.807, 2.05) is 0 Å². The minimum absolute atomic E-state index is 0.0592. The van der Waals surface area contributed by atoms with Crippen molar-refractivity contribution in [3.63, 3.8) is 0 Å². The van der Waals surface area contributed by atoms with E-state index < -0.39 is 28.6 Å². The lowest BCUT2D eigenvalue weighted by Gasteiger charge is -2.15. The third-order valence-electron chi connectivity index (χ3n) is 2.60. The SMILES string of the molecule is Nc1ccn([C@@H]2S[C@H](CO)[C@H](O)C2F)c(=O)n1. The van der Waals surface area contributed by atoms with Gasteiger partial charge in [0.15, 0.2) is 6.17 Å². The second kappa shape index (κ2) is 4.63.